The summed E-state index contributed by atoms with van der Waals surface area (Å²) in [6.45, 7) is 6.50. The molecule has 0 spiro atoms. The average Bonchev–Trinajstić information content (AvgIpc) is 2.35. The Morgan fingerprint density at radius 3 is 2.00 bits per heavy atom. The summed E-state index contributed by atoms with van der Waals surface area (Å²) in [4.78, 5) is 0. The van der Waals surface area contributed by atoms with E-state index < -0.39 is 0 Å². The van der Waals surface area contributed by atoms with Crippen LogP contribution in [0.3, 0.4) is 0 Å². The molecule has 0 rings (SSSR count). The number of hydrogen-bond acceptors (Lipinski definition) is 2. The maximum absolute atomic E-state index is 9.93. The maximum atomic E-state index is 9.93. The van der Waals surface area contributed by atoms with Gasteiger partial charge in [0.15, 0.2) is 0 Å². The molecule has 2 heteroatoms. The molecule has 0 aliphatic rings. The van der Waals surface area contributed by atoms with Gasteiger partial charge in [0.1, 0.15) is 0 Å². The van der Waals surface area contributed by atoms with Crippen LogP contribution in [0.2, 0.25) is 0 Å². The molecule has 0 bridgehead atoms. The molecule has 0 heterocycles. The maximum Gasteiger partial charge on any atom is 0.0693 e. The Hall–Kier alpha value is -0.0800. The lowest BCUT2D eigenvalue weighted by Gasteiger charge is -2.24. The Morgan fingerprint density at radius 1 is 0.941 bits per heavy atom. The third-order valence-electron chi connectivity index (χ3n) is 3.85. The van der Waals surface area contributed by atoms with Crippen LogP contribution >= 0.6 is 0 Å². The molecule has 2 nitrogen and oxygen atoms in total. The van der Waals surface area contributed by atoms with Crippen molar-refractivity contribution in [3.8, 4) is 0 Å². The van der Waals surface area contributed by atoms with Crippen LogP contribution in [0.25, 0.3) is 0 Å². The first-order chi connectivity index (χ1) is 8.13. The monoisotopic (exact) mass is 243 g/mol. The van der Waals surface area contributed by atoms with E-state index in [-0.39, 0.29) is 12.1 Å². The molecule has 0 radical (unpaired) electrons. The van der Waals surface area contributed by atoms with Crippen LogP contribution in [0.5, 0.6) is 0 Å². The molecule has 104 valence electrons. The van der Waals surface area contributed by atoms with Crippen molar-refractivity contribution in [3.63, 3.8) is 0 Å². The van der Waals surface area contributed by atoms with Crippen LogP contribution < -0.4 is 5.73 Å². The van der Waals surface area contributed by atoms with Crippen LogP contribution in [-0.2, 0) is 0 Å². The highest BCUT2D eigenvalue weighted by Gasteiger charge is 2.19. The standard InChI is InChI=1S/C15H33NO/c1-4-6-7-8-9-10-11-12-14(17)15(16)13(3)5-2/h13-15,17H,4-12,16H2,1-3H3/t13-,14+,15-/m0/s1. The van der Waals surface area contributed by atoms with Crippen LogP contribution in [-0.4, -0.2) is 17.3 Å². The summed E-state index contributed by atoms with van der Waals surface area (Å²) in [5.41, 5.74) is 6.00. The normalized spacial score (nSPS) is 16.8. The van der Waals surface area contributed by atoms with E-state index in [2.05, 4.69) is 20.8 Å². The number of rotatable bonds is 11. The highest BCUT2D eigenvalue weighted by atomic mass is 16.3. The molecular weight excluding hydrogens is 210 g/mol. The van der Waals surface area contributed by atoms with Crippen molar-refractivity contribution in [3.05, 3.63) is 0 Å². The van der Waals surface area contributed by atoms with Gasteiger partial charge in [0.25, 0.3) is 0 Å². The molecule has 0 aliphatic carbocycles. The van der Waals surface area contributed by atoms with Gasteiger partial charge in [-0.15, -0.1) is 0 Å². The average molecular weight is 243 g/mol. The van der Waals surface area contributed by atoms with Crippen LogP contribution in [0.1, 0.15) is 78.6 Å². The van der Waals surface area contributed by atoms with Gasteiger partial charge < -0.3 is 10.8 Å². The largest absolute Gasteiger partial charge is 0.392 e. The first-order valence-corrected chi connectivity index (χ1v) is 7.57. The predicted octanol–water partition coefficient (Wildman–Crippen LogP) is 3.86. The van der Waals surface area contributed by atoms with Gasteiger partial charge in [0, 0.05) is 6.04 Å². The Balaban J connectivity index is 3.41. The Morgan fingerprint density at radius 2 is 1.47 bits per heavy atom. The lowest BCUT2D eigenvalue weighted by atomic mass is 9.92. The first kappa shape index (κ1) is 16.9. The second-order valence-electron chi connectivity index (χ2n) is 5.44. The van der Waals surface area contributed by atoms with Gasteiger partial charge in [-0.25, -0.2) is 0 Å². The van der Waals surface area contributed by atoms with E-state index in [0.29, 0.717) is 5.92 Å². The molecule has 3 N–H and O–H groups in total. The fourth-order valence-corrected chi connectivity index (χ4v) is 2.15. The molecule has 0 aromatic heterocycles. The first-order valence-electron chi connectivity index (χ1n) is 7.57. The zero-order valence-electron chi connectivity index (χ0n) is 12.1. The van der Waals surface area contributed by atoms with Crippen molar-refractivity contribution in [1.29, 1.82) is 0 Å². The molecule has 0 fully saturated rings. The third-order valence-corrected chi connectivity index (χ3v) is 3.85. The van der Waals surface area contributed by atoms with Crippen molar-refractivity contribution in [2.45, 2.75) is 90.7 Å². The zero-order chi connectivity index (χ0) is 13.1. The van der Waals surface area contributed by atoms with Gasteiger partial charge in [0.05, 0.1) is 6.10 Å². The Labute approximate surface area is 108 Å². The van der Waals surface area contributed by atoms with Crippen LogP contribution in [0.15, 0.2) is 0 Å². The van der Waals surface area contributed by atoms with Gasteiger partial charge in [0.2, 0.25) is 0 Å². The SMILES string of the molecule is CCCCCCCCC[C@@H](O)[C@@H](N)[C@@H](C)CC. The van der Waals surface area contributed by atoms with E-state index in [0.717, 1.165) is 19.3 Å². The van der Waals surface area contributed by atoms with E-state index >= 15 is 0 Å². The molecule has 0 saturated carbocycles. The fourth-order valence-electron chi connectivity index (χ4n) is 2.15. The Bertz CT molecular complexity index is 161. The van der Waals surface area contributed by atoms with Crippen LogP contribution in [0, 0.1) is 5.92 Å². The number of aliphatic hydroxyl groups is 1. The minimum Gasteiger partial charge on any atom is -0.392 e. The molecule has 17 heavy (non-hydrogen) atoms. The van der Waals surface area contributed by atoms with E-state index in [4.69, 9.17) is 5.73 Å². The van der Waals surface area contributed by atoms with Crippen molar-refractivity contribution in [1.82, 2.24) is 0 Å². The molecule has 3 atom stereocenters. The summed E-state index contributed by atoms with van der Waals surface area (Å²) in [7, 11) is 0. The summed E-state index contributed by atoms with van der Waals surface area (Å²) in [5.74, 6) is 0.426. The number of hydrogen-bond donors (Lipinski definition) is 2. The minimum absolute atomic E-state index is 0.0416. The lowest BCUT2D eigenvalue weighted by Crippen LogP contribution is -2.39. The summed E-state index contributed by atoms with van der Waals surface area (Å²) < 4.78 is 0. The van der Waals surface area contributed by atoms with E-state index in [1.165, 1.54) is 38.5 Å². The van der Waals surface area contributed by atoms with Crippen molar-refractivity contribution in [2.75, 3.05) is 0 Å². The fraction of sp³-hybridized carbons (Fsp3) is 1.00. The summed E-state index contributed by atoms with van der Waals surface area (Å²) >= 11 is 0. The zero-order valence-corrected chi connectivity index (χ0v) is 12.1. The Kier molecular flexibility index (Phi) is 11.0. The van der Waals surface area contributed by atoms with Gasteiger partial charge >= 0.3 is 0 Å². The highest BCUT2D eigenvalue weighted by molar-refractivity contribution is 4.76. The van der Waals surface area contributed by atoms with Crippen molar-refractivity contribution < 1.29 is 5.11 Å². The quantitative estimate of drug-likeness (QED) is 0.541. The second-order valence-corrected chi connectivity index (χ2v) is 5.44. The van der Waals surface area contributed by atoms with Gasteiger partial charge in [-0.05, 0) is 12.3 Å². The third kappa shape index (κ3) is 8.62. The summed E-state index contributed by atoms with van der Waals surface area (Å²) in [5, 5.41) is 9.93. The van der Waals surface area contributed by atoms with E-state index in [1.807, 2.05) is 0 Å². The van der Waals surface area contributed by atoms with Gasteiger partial charge in [-0.1, -0.05) is 72.1 Å². The van der Waals surface area contributed by atoms with Crippen molar-refractivity contribution in [2.24, 2.45) is 11.7 Å². The summed E-state index contributed by atoms with van der Waals surface area (Å²) in [6.07, 6.45) is 10.7. The van der Waals surface area contributed by atoms with E-state index in [9.17, 15) is 5.11 Å². The molecule has 0 unspecified atom stereocenters. The number of unbranched alkanes of at least 4 members (excludes halogenated alkanes) is 6. The van der Waals surface area contributed by atoms with Crippen LogP contribution in [0.4, 0.5) is 0 Å². The van der Waals surface area contributed by atoms with Gasteiger partial charge in [-0.3, -0.25) is 0 Å². The predicted molar refractivity (Wildman–Crippen MR) is 76.0 cm³/mol. The molecule has 0 amide bonds. The topological polar surface area (TPSA) is 46.2 Å². The minimum atomic E-state index is -0.305. The molecule has 0 aromatic carbocycles. The highest BCUT2D eigenvalue weighted by Crippen LogP contribution is 2.15. The lowest BCUT2D eigenvalue weighted by molar-refractivity contribution is 0.108. The molecule has 0 aliphatic heterocycles. The second kappa shape index (κ2) is 11.0. The molecular formula is C15H33NO. The van der Waals surface area contributed by atoms with Crippen molar-refractivity contribution >= 4 is 0 Å². The van der Waals surface area contributed by atoms with E-state index in [1.54, 1.807) is 0 Å². The van der Waals surface area contributed by atoms with Gasteiger partial charge in [-0.2, -0.15) is 0 Å². The number of nitrogens with two attached hydrogens (primary N) is 1. The number of aliphatic hydroxyl groups excluding tert-OH is 1. The smallest absolute Gasteiger partial charge is 0.0693 e. The molecule has 0 aromatic rings. The summed E-state index contributed by atoms with van der Waals surface area (Å²) in [6, 6.07) is -0.0416. The molecule has 0 saturated heterocycles.